The van der Waals surface area contributed by atoms with Crippen molar-refractivity contribution in [2.75, 3.05) is 0 Å². The van der Waals surface area contributed by atoms with Gasteiger partial charge in [-0.05, 0) is 19.3 Å². The van der Waals surface area contributed by atoms with Gasteiger partial charge in [0, 0.05) is 0 Å². The zero-order valence-corrected chi connectivity index (χ0v) is 14.7. The maximum atomic E-state index is 10.7. The third-order valence-electron chi connectivity index (χ3n) is 4.55. The van der Waals surface area contributed by atoms with Gasteiger partial charge in [-0.1, -0.05) is 70.9 Å². The topological polar surface area (TPSA) is 70.1 Å². The van der Waals surface area contributed by atoms with Crippen molar-refractivity contribution in [3.8, 4) is 0 Å². The second-order valence-electron chi connectivity index (χ2n) is 6.82. The van der Waals surface area contributed by atoms with E-state index in [1.54, 1.807) is 6.92 Å². The van der Waals surface area contributed by atoms with Crippen LogP contribution in [0, 0.1) is 5.92 Å². The SMILES string of the molecule is CCCCCC(O)/C=C/C1OC1CCCCCCC(C)C(=O)O. The van der Waals surface area contributed by atoms with Crippen molar-refractivity contribution in [2.24, 2.45) is 5.92 Å². The van der Waals surface area contributed by atoms with Gasteiger partial charge >= 0.3 is 5.97 Å². The molecule has 4 unspecified atom stereocenters. The fourth-order valence-electron chi connectivity index (χ4n) is 2.77. The average Bonchev–Trinajstić information content (AvgIpc) is 3.27. The molecule has 2 N–H and O–H groups in total. The molecule has 23 heavy (non-hydrogen) atoms. The molecule has 4 nitrogen and oxygen atoms in total. The lowest BCUT2D eigenvalue weighted by Gasteiger charge is -2.05. The highest BCUT2D eigenvalue weighted by Gasteiger charge is 2.35. The molecule has 0 spiro atoms. The summed E-state index contributed by atoms with van der Waals surface area (Å²) in [6.45, 7) is 3.94. The Labute approximate surface area is 140 Å². The first-order valence-corrected chi connectivity index (χ1v) is 9.29. The summed E-state index contributed by atoms with van der Waals surface area (Å²) in [4.78, 5) is 10.7. The van der Waals surface area contributed by atoms with Gasteiger partial charge in [0.05, 0.1) is 18.1 Å². The molecule has 0 aromatic heterocycles. The lowest BCUT2D eigenvalue weighted by molar-refractivity contribution is -0.141. The van der Waals surface area contributed by atoms with E-state index in [-0.39, 0.29) is 18.1 Å². The summed E-state index contributed by atoms with van der Waals surface area (Å²) in [6, 6.07) is 0. The van der Waals surface area contributed by atoms with Crippen LogP contribution >= 0.6 is 0 Å². The number of carboxylic acid groups (broad SMARTS) is 1. The van der Waals surface area contributed by atoms with Gasteiger partial charge in [-0.15, -0.1) is 0 Å². The number of rotatable bonds is 14. The van der Waals surface area contributed by atoms with Crippen LogP contribution < -0.4 is 0 Å². The van der Waals surface area contributed by atoms with E-state index in [2.05, 4.69) is 6.92 Å². The highest BCUT2D eigenvalue weighted by molar-refractivity contribution is 5.69. The lowest BCUT2D eigenvalue weighted by Crippen LogP contribution is -2.08. The Hall–Kier alpha value is -0.870. The summed E-state index contributed by atoms with van der Waals surface area (Å²) in [5.74, 6) is -0.914. The van der Waals surface area contributed by atoms with Crippen molar-refractivity contribution in [1.82, 2.24) is 0 Å². The molecule has 1 saturated heterocycles. The molecule has 0 radical (unpaired) electrons. The fourth-order valence-corrected chi connectivity index (χ4v) is 2.77. The van der Waals surface area contributed by atoms with E-state index in [4.69, 9.17) is 9.84 Å². The van der Waals surface area contributed by atoms with Gasteiger partial charge in [-0.3, -0.25) is 4.79 Å². The molecule has 0 aliphatic carbocycles. The number of epoxide rings is 1. The maximum Gasteiger partial charge on any atom is 0.306 e. The van der Waals surface area contributed by atoms with Crippen molar-refractivity contribution in [3.05, 3.63) is 12.2 Å². The largest absolute Gasteiger partial charge is 0.481 e. The summed E-state index contributed by atoms with van der Waals surface area (Å²) in [5.41, 5.74) is 0. The Morgan fingerprint density at radius 3 is 2.52 bits per heavy atom. The van der Waals surface area contributed by atoms with E-state index in [0.717, 1.165) is 51.4 Å². The van der Waals surface area contributed by atoms with Gasteiger partial charge in [-0.2, -0.15) is 0 Å². The molecule has 0 amide bonds. The highest BCUT2D eigenvalue weighted by Crippen LogP contribution is 2.29. The van der Waals surface area contributed by atoms with Crippen LogP contribution in [0.3, 0.4) is 0 Å². The number of carboxylic acids is 1. The van der Waals surface area contributed by atoms with E-state index in [1.165, 1.54) is 12.8 Å². The quantitative estimate of drug-likeness (QED) is 0.283. The number of carbonyl (C=O) groups is 1. The van der Waals surface area contributed by atoms with Crippen LogP contribution in [0.25, 0.3) is 0 Å². The first-order valence-electron chi connectivity index (χ1n) is 9.29. The molecule has 4 atom stereocenters. The summed E-state index contributed by atoms with van der Waals surface area (Å²) < 4.78 is 5.59. The van der Waals surface area contributed by atoms with Gasteiger partial charge in [0.1, 0.15) is 6.10 Å². The minimum absolute atomic E-state index is 0.197. The second kappa shape index (κ2) is 11.6. The van der Waals surface area contributed by atoms with Gasteiger partial charge in [-0.25, -0.2) is 0 Å². The Morgan fingerprint density at radius 2 is 1.83 bits per heavy atom. The van der Waals surface area contributed by atoms with Gasteiger partial charge in [0.15, 0.2) is 0 Å². The second-order valence-corrected chi connectivity index (χ2v) is 6.82. The standard InChI is InChI=1S/C19H34O4/c1-3-4-7-11-16(20)13-14-18-17(23-18)12-9-6-5-8-10-15(2)19(21)22/h13-18,20H,3-12H2,1-2H3,(H,21,22)/b14-13+. The molecule has 1 aliphatic heterocycles. The van der Waals surface area contributed by atoms with Crippen LogP contribution in [0.1, 0.15) is 78.1 Å². The third-order valence-corrected chi connectivity index (χ3v) is 4.55. The lowest BCUT2D eigenvalue weighted by atomic mass is 10.0. The Balaban J connectivity index is 1.95. The Kier molecular flexibility index (Phi) is 10.2. The van der Waals surface area contributed by atoms with Crippen molar-refractivity contribution >= 4 is 5.97 Å². The van der Waals surface area contributed by atoms with Crippen LogP contribution in [0.4, 0.5) is 0 Å². The van der Waals surface area contributed by atoms with Crippen LogP contribution in [0.15, 0.2) is 12.2 Å². The van der Waals surface area contributed by atoms with Gasteiger partial charge < -0.3 is 14.9 Å². The summed E-state index contributed by atoms with van der Waals surface area (Å²) in [6.07, 6.45) is 14.6. The first-order chi connectivity index (χ1) is 11.0. The van der Waals surface area contributed by atoms with Crippen LogP contribution in [0.5, 0.6) is 0 Å². The van der Waals surface area contributed by atoms with E-state index < -0.39 is 5.97 Å². The molecular weight excluding hydrogens is 292 g/mol. The first kappa shape index (κ1) is 20.2. The molecule has 0 saturated carbocycles. The molecule has 4 heteroatoms. The average molecular weight is 326 g/mol. The van der Waals surface area contributed by atoms with E-state index in [0.29, 0.717) is 6.10 Å². The minimum Gasteiger partial charge on any atom is -0.481 e. The van der Waals surface area contributed by atoms with E-state index >= 15 is 0 Å². The van der Waals surface area contributed by atoms with Crippen LogP contribution in [-0.4, -0.2) is 34.5 Å². The molecular formula is C19H34O4. The van der Waals surface area contributed by atoms with Crippen molar-refractivity contribution in [1.29, 1.82) is 0 Å². The molecule has 1 fully saturated rings. The molecule has 1 heterocycles. The van der Waals surface area contributed by atoms with Crippen LogP contribution in [0.2, 0.25) is 0 Å². The molecule has 134 valence electrons. The van der Waals surface area contributed by atoms with E-state index in [1.807, 2.05) is 12.2 Å². The normalized spacial score (nSPS) is 23.1. The van der Waals surface area contributed by atoms with Crippen molar-refractivity contribution in [2.45, 2.75) is 96.4 Å². The zero-order chi connectivity index (χ0) is 17.1. The number of unbranched alkanes of at least 4 members (excludes halogenated alkanes) is 5. The number of hydrogen-bond donors (Lipinski definition) is 2. The molecule has 0 bridgehead atoms. The molecule has 0 aromatic rings. The molecule has 1 aliphatic rings. The predicted molar refractivity (Wildman–Crippen MR) is 92.5 cm³/mol. The van der Waals surface area contributed by atoms with E-state index in [9.17, 15) is 9.90 Å². The van der Waals surface area contributed by atoms with Crippen molar-refractivity contribution in [3.63, 3.8) is 0 Å². The predicted octanol–water partition coefficient (Wildman–Crippen LogP) is 4.31. The highest BCUT2D eigenvalue weighted by atomic mass is 16.6. The molecule has 0 aromatic carbocycles. The number of hydrogen-bond acceptors (Lipinski definition) is 3. The van der Waals surface area contributed by atoms with Gasteiger partial charge in [0.2, 0.25) is 0 Å². The summed E-state index contributed by atoms with van der Waals surface area (Å²) in [5, 5.41) is 18.6. The molecule has 1 rings (SSSR count). The zero-order valence-electron chi connectivity index (χ0n) is 14.7. The maximum absolute atomic E-state index is 10.7. The summed E-state index contributed by atoms with van der Waals surface area (Å²) >= 11 is 0. The number of aliphatic hydroxyl groups is 1. The fraction of sp³-hybridized carbons (Fsp3) is 0.842. The Morgan fingerprint density at radius 1 is 1.13 bits per heavy atom. The number of aliphatic carboxylic acids is 1. The number of ether oxygens (including phenoxy) is 1. The smallest absolute Gasteiger partial charge is 0.306 e. The number of aliphatic hydroxyl groups excluding tert-OH is 1. The van der Waals surface area contributed by atoms with Crippen LogP contribution in [-0.2, 0) is 9.53 Å². The minimum atomic E-state index is -0.692. The Bertz CT molecular complexity index is 353. The third kappa shape index (κ3) is 9.77. The monoisotopic (exact) mass is 326 g/mol. The summed E-state index contributed by atoms with van der Waals surface area (Å²) in [7, 11) is 0. The van der Waals surface area contributed by atoms with Crippen molar-refractivity contribution < 1.29 is 19.7 Å². The van der Waals surface area contributed by atoms with Gasteiger partial charge in [0.25, 0.3) is 0 Å².